The third-order valence-corrected chi connectivity index (χ3v) is 2.72. The molecule has 0 aliphatic rings. The predicted molar refractivity (Wildman–Crippen MR) is 73.3 cm³/mol. The number of halogens is 1. The lowest BCUT2D eigenvalue weighted by Crippen LogP contribution is -2.14. The second-order valence-electron chi connectivity index (χ2n) is 4.16. The van der Waals surface area contributed by atoms with Crippen molar-refractivity contribution in [3.8, 4) is 11.8 Å². The molecule has 0 saturated heterocycles. The van der Waals surface area contributed by atoms with Crippen molar-refractivity contribution in [3.05, 3.63) is 41.4 Å². The first kappa shape index (κ1) is 15.0. The number of allylic oxidation sites excluding steroid dienone is 1. The normalized spacial score (nSPS) is 10.9. The number of nitrogens with zero attached hydrogens (tertiary/aromatic N) is 1. The maximum absolute atomic E-state index is 13.4. The molecule has 0 amide bonds. The first-order chi connectivity index (χ1) is 9.21. The summed E-state index contributed by atoms with van der Waals surface area (Å²) in [7, 11) is 1.83. The molecule has 0 spiro atoms. The smallest absolute Gasteiger partial charge is 0.144 e. The number of unbranched alkanes of at least 4 members (excludes halogenated alkanes) is 2. The molecule has 0 radical (unpaired) electrons. The number of hydrogen-bond acceptors (Lipinski definition) is 3. The Hall–Kier alpha value is -2.02. The molecule has 3 nitrogen and oxygen atoms in total. The standard InChI is InChI=1S/C15H19FN2O/c1-3-4-5-6-13(18-2)11-19-14-8-7-12(10-17)15(16)9-14/h6-9,18H,3-5,11H2,1-2H3/b13-6+. The summed E-state index contributed by atoms with van der Waals surface area (Å²) in [6.45, 7) is 2.51. The monoisotopic (exact) mass is 262 g/mol. The van der Waals surface area contributed by atoms with Crippen molar-refractivity contribution < 1.29 is 9.13 Å². The van der Waals surface area contributed by atoms with Gasteiger partial charge in [0.2, 0.25) is 0 Å². The Bertz CT molecular complexity index is 478. The van der Waals surface area contributed by atoms with Crippen molar-refractivity contribution in [2.75, 3.05) is 13.7 Å². The molecular formula is C15H19FN2O. The second kappa shape index (κ2) is 8.15. The third-order valence-electron chi connectivity index (χ3n) is 2.72. The molecule has 0 bridgehead atoms. The van der Waals surface area contributed by atoms with Crippen LogP contribution in [0.3, 0.4) is 0 Å². The van der Waals surface area contributed by atoms with Gasteiger partial charge >= 0.3 is 0 Å². The van der Waals surface area contributed by atoms with Crippen molar-refractivity contribution in [2.24, 2.45) is 0 Å². The maximum Gasteiger partial charge on any atom is 0.144 e. The first-order valence-electron chi connectivity index (χ1n) is 6.40. The fourth-order valence-electron chi connectivity index (χ4n) is 1.55. The van der Waals surface area contributed by atoms with Crippen LogP contribution in [0.15, 0.2) is 30.0 Å². The molecule has 1 rings (SSSR count). The fraction of sp³-hybridized carbons (Fsp3) is 0.400. The Morgan fingerprint density at radius 1 is 1.53 bits per heavy atom. The molecule has 0 aromatic heterocycles. The van der Waals surface area contributed by atoms with Crippen LogP contribution in [0.25, 0.3) is 0 Å². The van der Waals surface area contributed by atoms with Crippen LogP contribution in [0.2, 0.25) is 0 Å². The number of benzene rings is 1. The van der Waals surface area contributed by atoms with Crippen molar-refractivity contribution in [1.29, 1.82) is 5.26 Å². The Labute approximate surface area is 113 Å². The molecule has 1 aromatic rings. The van der Waals surface area contributed by atoms with Crippen LogP contribution in [0, 0.1) is 17.1 Å². The molecule has 0 heterocycles. The molecule has 0 unspecified atom stereocenters. The molecule has 1 N–H and O–H groups in total. The summed E-state index contributed by atoms with van der Waals surface area (Å²) in [4.78, 5) is 0. The highest BCUT2D eigenvalue weighted by Gasteiger charge is 2.04. The van der Waals surface area contributed by atoms with E-state index in [2.05, 4.69) is 18.3 Å². The molecule has 0 atom stereocenters. The van der Waals surface area contributed by atoms with Gasteiger partial charge in [0.25, 0.3) is 0 Å². The first-order valence-corrected chi connectivity index (χ1v) is 6.40. The summed E-state index contributed by atoms with van der Waals surface area (Å²) in [5.74, 6) is -0.130. The summed E-state index contributed by atoms with van der Waals surface area (Å²) in [5, 5.41) is 11.7. The van der Waals surface area contributed by atoms with Gasteiger partial charge in [-0.25, -0.2) is 4.39 Å². The van der Waals surface area contributed by atoms with Gasteiger partial charge in [-0.2, -0.15) is 5.26 Å². The molecule has 19 heavy (non-hydrogen) atoms. The van der Waals surface area contributed by atoms with E-state index < -0.39 is 5.82 Å². The summed E-state index contributed by atoms with van der Waals surface area (Å²) in [5.41, 5.74) is 0.998. The Morgan fingerprint density at radius 2 is 2.32 bits per heavy atom. The maximum atomic E-state index is 13.4. The lowest BCUT2D eigenvalue weighted by atomic mass is 10.2. The largest absolute Gasteiger partial charge is 0.487 e. The predicted octanol–water partition coefficient (Wildman–Crippen LogP) is 3.37. The van der Waals surface area contributed by atoms with Gasteiger partial charge in [0, 0.05) is 18.8 Å². The SMILES string of the molecule is CCCC/C=C(\COc1ccc(C#N)c(F)c1)NC. The minimum Gasteiger partial charge on any atom is -0.487 e. The highest BCUT2D eigenvalue weighted by Crippen LogP contribution is 2.16. The van der Waals surface area contributed by atoms with Crippen LogP contribution in [-0.4, -0.2) is 13.7 Å². The zero-order chi connectivity index (χ0) is 14.1. The summed E-state index contributed by atoms with van der Waals surface area (Å²) in [6, 6.07) is 6.03. The summed E-state index contributed by atoms with van der Waals surface area (Å²) < 4.78 is 18.9. The fourth-order valence-corrected chi connectivity index (χ4v) is 1.55. The molecule has 0 fully saturated rings. The van der Waals surface area contributed by atoms with Crippen molar-refractivity contribution >= 4 is 0 Å². The van der Waals surface area contributed by atoms with Crippen LogP contribution in [0.4, 0.5) is 4.39 Å². The lowest BCUT2D eigenvalue weighted by Gasteiger charge is -2.10. The second-order valence-corrected chi connectivity index (χ2v) is 4.16. The number of rotatable bonds is 7. The topological polar surface area (TPSA) is 45.0 Å². The Balaban J connectivity index is 2.58. The van der Waals surface area contributed by atoms with E-state index in [1.807, 2.05) is 7.05 Å². The average Bonchev–Trinajstić information content (AvgIpc) is 2.43. The highest BCUT2D eigenvalue weighted by atomic mass is 19.1. The van der Waals surface area contributed by atoms with Gasteiger partial charge in [-0.05, 0) is 18.6 Å². The molecule has 1 aromatic carbocycles. The summed E-state index contributed by atoms with van der Waals surface area (Å²) in [6.07, 6.45) is 5.37. The van der Waals surface area contributed by atoms with E-state index >= 15 is 0 Å². The van der Waals surface area contributed by atoms with Crippen molar-refractivity contribution in [3.63, 3.8) is 0 Å². The minimum atomic E-state index is -0.555. The quantitative estimate of drug-likeness (QED) is 0.766. The van der Waals surface area contributed by atoms with Gasteiger partial charge in [0.15, 0.2) is 0 Å². The molecule has 0 aliphatic heterocycles. The van der Waals surface area contributed by atoms with Crippen molar-refractivity contribution in [1.82, 2.24) is 5.32 Å². The van der Waals surface area contributed by atoms with Crippen LogP contribution in [0.5, 0.6) is 5.75 Å². The lowest BCUT2D eigenvalue weighted by molar-refractivity contribution is 0.342. The number of nitriles is 1. The number of likely N-dealkylation sites (N-methyl/N-ethyl adjacent to an activating group) is 1. The summed E-state index contributed by atoms with van der Waals surface area (Å²) >= 11 is 0. The van der Waals surface area contributed by atoms with Gasteiger partial charge in [0.05, 0.1) is 5.56 Å². The van der Waals surface area contributed by atoms with E-state index in [0.717, 1.165) is 25.0 Å². The van der Waals surface area contributed by atoms with Gasteiger partial charge in [0.1, 0.15) is 24.2 Å². The van der Waals surface area contributed by atoms with Gasteiger partial charge in [-0.1, -0.05) is 25.8 Å². The molecule has 102 valence electrons. The molecule has 0 saturated carbocycles. The van der Waals surface area contributed by atoms with Gasteiger partial charge in [-0.3, -0.25) is 0 Å². The zero-order valence-electron chi connectivity index (χ0n) is 11.4. The van der Waals surface area contributed by atoms with E-state index in [1.165, 1.54) is 12.1 Å². The van der Waals surface area contributed by atoms with E-state index in [0.29, 0.717) is 12.4 Å². The van der Waals surface area contributed by atoms with E-state index in [-0.39, 0.29) is 5.56 Å². The number of hydrogen-bond donors (Lipinski definition) is 1. The molecule has 0 aliphatic carbocycles. The van der Waals surface area contributed by atoms with Crippen LogP contribution >= 0.6 is 0 Å². The van der Waals surface area contributed by atoms with Crippen LogP contribution in [-0.2, 0) is 0 Å². The molecular weight excluding hydrogens is 243 g/mol. The average molecular weight is 262 g/mol. The van der Waals surface area contributed by atoms with E-state index in [9.17, 15) is 4.39 Å². The zero-order valence-corrected chi connectivity index (χ0v) is 11.4. The highest BCUT2D eigenvalue weighted by molar-refractivity contribution is 5.36. The minimum absolute atomic E-state index is 0.0275. The van der Waals surface area contributed by atoms with Gasteiger partial charge < -0.3 is 10.1 Å². The Morgan fingerprint density at radius 3 is 2.89 bits per heavy atom. The number of ether oxygens (including phenoxy) is 1. The third kappa shape index (κ3) is 5.01. The van der Waals surface area contributed by atoms with Crippen molar-refractivity contribution in [2.45, 2.75) is 26.2 Å². The molecule has 4 heteroatoms. The van der Waals surface area contributed by atoms with E-state index in [1.54, 1.807) is 12.1 Å². The Kier molecular flexibility index (Phi) is 6.45. The number of nitrogens with one attached hydrogen (secondary N) is 1. The van der Waals surface area contributed by atoms with Crippen LogP contribution in [0.1, 0.15) is 31.7 Å². The van der Waals surface area contributed by atoms with Crippen LogP contribution < -0.4 is 10.1 Å². The van der Waals surface area contributed by atoms with Gasteiger partial charge in [-0.15, -0.1) is 0 Å². The van der Waals surface area contributed by atoms with E-state index in [4.69, 9.17) is 10.00 Å².